The van der Waals surface area contributed by atoms with Crippen molar-refractivity contribution in [2.24, 2.45) is 10.7 Å². The molecule has 0 aliphatic carbocycles. The predicted octanol–water partition coefficient (Wildman–Crippen LogP) is 2.90. The Labute approximate surface area is 191 Å². The average molecular weight is 460 g/mol. The second-order valence-electron chi connectivity index (χ2n) is 7.03. The number of aliphatic imine (C=N–C) groups is 1. The van der Waals surface area contributed by atoms with E-state index in [1.54, 1.807) is 20.2 Å². The van der Waals surface area contributed by atoms with Crippen LogP contribution in [0.2, 0.25) is 0 Å². The molecule has 0 unspecified atom stereocenters. The number of nitrogens with one attached hydrogen (secondary N) is 1. The SMILES string of the molecule is C#CCCOc1cnc(C(=O)Nc2ccc(F)c(C[C@](C)(COC)SC(N)=NC)c2)cn1. The van der Waals surface area contributed by atoms with Gasteiger partial charge in [-0.3, -0.25) is 9.79 Å². The molecule has 0 bridgehead atoms. The van der Waals surface area contributed by atoms with Crippen molar-refractivity contribution in [1.82, 2.24) is 9.97 Å². The Bertz CT molecular complexity index is 994. The van der Waals surface area contributed by atoms with Gasteiger partial charge in [0.1, 0.15) is 18.1 Å². The van der Waals surface area contributed by atoms with Crippen LogP contribution in [0.1, 0.15) is 29.4 Å². The molecule has 1 heterocycles. The molecule has 0 saturated carbocycles. The van der Waals surface area contributed by atoms with Gasteiger partial charge in [0.05, 0.1) is 19.0 Å². The second kappa shape index (κ2) is 12.0. The summed E-state index contributed by atoms with van der Waals surface area (Å²) in [6.07, 6.45) is 8.55. The van der Waals surface area contributed by atoms with Crippen LogP contribution in [0.4, 0.5) is 10.1 Å². The third-order valence-corrected chi connectivity index (χ3v) is 5.39. The lowest BCUT2D eigenvalue weighted by Gasteiger charge is -2.28. The standard InChI is InChI=1S/C22H26FN5O3S/c1-5-6-9-31-19-13-26-18(12-27-19)20(29)28-16-7-8-17(23)15(10-16)11-22(2,14-30-4)32-21(24)25-3/h1,7-8,10,12-13H,6,9,11,14H2,2-4H3,(H2,24,25)(H,28,29)/t22-/m1/s1. The van der Waals surface area contributed by atoms with E-state index in [0.29, 0.717) is 42.5 Å². The van der Waals surface area contributed by atoms with Crippen LogP contribution in [0.25, 0.3) is 0 Å². The minimum Gasteiger partial charge on any atom is -0.476 e. The summed E-state index contributed by atoms with van der Waals surface area (Å²) in [6.45, 7) is 2.55. The summed E-state index contributed by atoms with van der Waals surface area (Å²) < 4.78 is 24.6. The molecule has 8 nitrogen and oxygen atoms in total. The molecular formula is C22H26FN5O3S. The van der Waals surface area contributed by atoms with Crippen LogP contribution in [0.3, 0.4) is 0 Å². The molecule has 1 aromatic carbocycles. The largest absolute Gasteiger partial charge is 0.476 e. The van der Waals surface area contributed by atoms with Crippen molar-refractivity contribution in [2.45, 2.75) is 24.5 Å². The van der Waals surface area contributed by atoms with Crippen LogP contribution in [-0.2, 0) is 11.2 Å². The smallest absolute Gasteiger partial charge is 0.275 e. The van der Waals surface area contributed by atoms with E-state index in [0.717, 1.165) is 0 Å². The minimum atomic E-state index is -0.553. The summed E-state index contributed by atoms with van der Waals surface area (Å²) in [6, 6.07) is 4.35. The molecule has 170 valence electrons. The number of carbonyl (C=O) groups excluding carboxylic acids is 1. The number of anilines is 1. The summed E-state index contributed by atoms with van der Waals surface area (Å²) in [5.41, 5.74) is 6.78. The van der Waals surface area contributed by atoms with Gasteiger partial charge in [0.25, 0.3) is 5.91 Å². The van der Waals surface area contributed by atoms with Gasteiger partial charge in [-0.15, -0.1) is 12.3 Å². The number of methoxy groups -OCH3 is 1. The van der Waals surface area contributed by atoms with Crippen LogP contribution >= 0.6 is 11.8 Å². The summed E-state index contributed by atoms with van der Waals surface area (Å²) in [5, 5.41) is 3.08. The summed E-state index contributed by atoms with van der Waals surface area (Å²) in [4.78, 5) is 24.6. The zero-order valence-electron chi connectivity index (χ0n) is 18.2. The fraction of sp³-hybridized carbons (Fsp3) is 0.364. The van der Waals surface area contributed by atoms with E-state index in [1.807, 2.05) is 6.92 Å². The maximum atomic E-state index is 14.5. The normalized spacial score (nSPS) is 13.2. The Morgan fingerprint density at radius 1 is 1.41 bits per heavy atom. The number of terminal acetylenes is 1. The lowest BCUT2D eigenvalue weighted by atomic mass is 10.00. The molecule has 0 aliphatic heterocycles. The number of hydrogen-bond donors (Lipinski definition) is 2. The maximum absolute atomic E-state index is 14.5. The van der Waals surface area contributed by atoms with Crippen molar-refractivity contribution in [3.63, 3.8) is 0 Å². The van der Waals surface area contributed by atoms with Gasteiger partial charge in [0.15, 0.2) is 5.17 Å². The van der Waals surface area contributed by atoms with Gasteiger partial charge in [0, 0.05) is 31.0 Å². The van der Waals surface area contributed by atoms with E-state index < -0.39 is 16.5 Å². The zero-order chi connectivity index (χ0) is 23.6. The monoisotopic (exact) mass is 459 g/mol. The molecule has 2 aromatic rings. The van der Waals surface area contributed by atoms with Gasteiger partial charge in [-0.1, -0.05) is 11.8 Å². The highest BCUT2D eigenvalue weighted by atomic mass is 32.2. The first-order chi connectivity index (χ1) is 15.3. The molecule has 10 heteroatoms. The fourth-order valence-corrected chi connectivity index (χ4v) is 3.83. The summed E-state index contributed by atoms with van der Waals surface area (Å²) >= 11 is 1.31. The van der Waals surface area contributed by atoms with Crippen molar-refractivity contribution in [1.29, 1.82) is 0 Å². The first-order valence-electron chi connectivity index (χ1n) is 9.68. The van der Waals surface area contributed by atoms with E-state index in [2.05, 4.69) is 26.2 Å². The molecular weight excluding hydrogens is 433 g/mol. The lowest BCUT2D eigenvalue weighted by molar-refractivity contribution is 0.102. The van der Waals surface area contributed by atoms with Crippen molar-refractivity contribution >= 4 is 28.5 Å². The third-order valence-electron chi connectivity index (χ3n) is 4.25. The van der Waals surface area contributed by atoms with Crippen LogP contribution in [0.5, 0.6) is 5.88 Å². The highest BCUT2D eigenvalue weighted by molar-refractivity contribution is 8.15. The highest BCUT2D eigenvalue weighted by Gasteiger charge is 2.29. The number of benzene rings is 1. The molecule has 0 fully saturated rings. The molecule has 2 rings (SSSR count). The molecule has 1 atom stereocenters. The Kier molecular flexibility index (Phi) is 9.43. The molecule has 1 aromatic heterocycles. The number of amides is 1. The number of ether oxygens (including phenoxy) is 2. The van der Waals surface area contributed by atoms with E-state index in [-0.39, 0.29) is 11.6 Å². The predicted molar refractivity (Wildman–Crippen MR) is 124 cm³/mol. The number of rotatable bonds is 10. The van der Waals surface area contributed by atoms with Gasteiger partial charge in [0.2, 0.25) is 5.88 Å². The Balaban J connectivity index is 2.12. The van der Waals surface area contributed by atoms with Crippen LogP contribution in [0.15, 0.2) is 35.6 Å². The minimum absolute atomic E-state index is 0.0897. The number of nitrogens with zero attached hydrogens (tertiary/aromatic N) is 3. The maximum Gasteiger partial charge on any atom is 0.275 e. The number of carbonyl (C=O) groups is 1. The second-order valence-corrected chi connectivity index (χ2v) is 8.63. The number of aromatic nitrogens is 2. The Morgan fingerprint density at radius 2 is 2.19 bits per heavy atom. The molecule has 1 amide bonds. The lowest BCUT2D eigenvalue weighted by Crippen LogP contribution is -2.33. The number of thioether (sulfide) groups is 1. The van der Waals surface area contributed by atoms with Gasteiger partial charge < -0.3 is 20.5 Å². The van der Waals surface area contributed by atoms with E-state index >= 15 is 0 Å². The van der Waals surface area contributed by atoms with Crippen molar-refractivity contribution in [3.8, 4) is 18.2 Å². The van der Waals surface area contributed by atoms with Crippen LogP contribution in [-0.4, -0.2) is 53.2 Å². The molecule has 0 aliphatic rings. The number of nitrogens with two attached hydrogens (primary N) is 1. The Hall–Kier alpha value is -3.16. The van der Waals surface area contributed by atoms with Crippen LogP contribution < -0.4 is 15.8 Å². The zero-order valence-corrected chi connectivity index (χ0v) is 19.0. The number of halogens is 1. The van der Waals surface area contributed by atoms with Crippen molar-refractivity contribution < 1.29 is 18.7 Å². The molecule has 0 saturated heterocycles. The van der Waals surface area contributed by atoms with E-state index in [9.17, 15) is 9.18 Å². The van der Waals surface area contributed by atoms with Crippen molar-refractivity contribution in [3.05, 3.63) is 47.7 Å². The first kappa shape index (κ1) is 25.1. The Morgan fingerprint density at radius 3 is 2.81 bits per heavy atom. The summed E-state index contributed by atoms with van der Waals surface area (Å²) in [5.74, 6) is 1.84. The molecule has 3 N–H and O–H groups in total. The first-order valence-corrected chi connectivity index (χ1v) is 10.5. The van der Waals surface area contributed by atoms with Gasteiger partial charge in [-0.05, 0) is 37.1 Å². The molecule has 32 heavy (non-hydrogen) atoms. The summed E-state index contributed by atoms with van der Waals surface area (Å²) in [7, 11) is 3.16. The van der Waals surface area contributed by atoms with Gasteiger partial charge >= 0.3 is 0 Å². The number of hydrogen-bond acceptors (Lipinski definition) is 7. The van der Waals surface area contributed by atoms with Crippen molar-refractivity contribution in [2.75, 3.05) is 32.7 Å². The average Bonchev–Trinajstić information content (AvgIpc) is 2.76. The quantitative estimate of drug-likeness (QED) is 0.243. The third kappa shape index (κ3) is 7.51. The van der Waals surface area contributed by atoms with E-state index in [4.69, 9.17) is 21.6 Å². The fourth-order valence-electron chi connectivity index (χ4n) is 2.83. The van der Waals surface area contributed by atoms with Gasteiger partial charge in [-0.25, -0.2) is 14.4 Å². The molecule has 0 radical (unpaired) electrons. The molecule has 0 spiro atoms. The highest BCUT2D eigenvalue weighted by Crippen LogP contribution is 2.31. The van der Waals surface area contributed by atoms with E-state index in [1.165, 1.54) is 36.3 Å². The van der Waals surface area contributed by atoms with Crippen LogP contribution in [0, 0.1) is 18.2 Å². The topological polar surface area (TPSA) is 112 Å². The van der Waals surface area contributed by atoms with Gasteiger partial charge in [-0.2, -0.15) is 0 Å². The number of amidine groups is 1.